The van der Waals surface area contributed by atoms with Crippen molar-refractivity contribution < 1.29 is 5.11 Å². The topological polar surface area (TPSA) is 32.3 Å². The maximum absolute atomic E-state index is 9.51. The van der Waals surface area contributed by atoms with Gasteiger partial charge in [-0.3, -0.25) is 0 Å². The summed E-state index contributed by atoms with van der Waals surface area (Å²) in [6.45, 7) is 11.0. The minimum atomic E-state index is 0.226. The van der Waals surface area contributed by atoms with Crippen LogP contribution in [0.4, 0.5) is 0 Å². The maximum Gasteiger partial charge on any atom is 0.115 e. The molecule has 0 spiro atoms. The number of hydrogen-bond donors (Lipinski definition) is 2. The Morgan fingerprint density at radius 1 is 1.35 bits per heavy atom. The molecular weight excluding hydrogens is 210 g/mol. The van der Waals surface area contributed by atoms with Crippen molar-refractivity contribution in [3.05, 3.63) is 29.8 Å². The Labute approximate surface area is 105 Å². The summed E-state index contributed by atoms with van der Waals surface area (Å²) >= 11 is 0. The van der Waals surface area contributed by atoms with Crippen molar-refractivity contribution in [3.63, 3.8) is 0 Å². The van der Waals surface area contributed by atoms with E-state index in [1.54, 1.807) is 6.07 Å². The second-order valence-corrected chi connectivity index (χ2v) is 5.44. The number of rotatable bonds is 6. The maximum atomic E-state index is 9.51. The van der Waals surface area contributed by atoms with Crippen molar-refractivity contribution in [2.24, 2.45) is 11.3 Å². The average molecular weight is 235 g/mol. The third-order valence-electron chi connectivity index (χ3n) is 3.69. The fourth-order valence-corrected chi connectivity index (χ4v) is 2.01. The first-order valence-electron chi connectivity index (χ1n) is 6.46. The summed E-state index contributed by atoms with van der Waals surface area (Å²) in [5.41, 5.74) is 1.43. The van der Waals surface area contributed by atoms with E-state index >= 15 is 0 Å². The van der Waals surface area contributed by atoms with Crippen LogP contribution in [0.15, 0.2) is 24.3 Å². The summed E-state index contributed by atoms with van der Waals surface area (Å²) < 4.78 is 0. The lowest BCUT2D eigenvalue weighted by Crippen LogP contribution is -2.37. The van der Waals surface area contributed by atoms with E-state index in [4.69, 9.17) is 0 Å². The quantitative estimate of drug-likeness (QED) is 0.793. The normalized spacial score (nSPS) is 14.9. The van der Waals surface area contributed by atoms with Crippen LogP contribution in [-0.2, 0) is 6.42 Å². The molecule has 0 heterocycles. The summed E-state index contributed by atoms with van der Waals surface area (Å²) in [7, 11) is 0. The molecule has 0 aliphatic carbocycles. The molecule has 0 fully saturated rings. The molecule has 2 N–H and O–H groups in total. The van der Waals surface area contributed by atoms with Gasteiger partial charge < -0.3 is 10.4 Å². The zero-order valence-electron chi connectivity index (χ0n) is 11.5. The molecule has 0 aromatic heterocycles. The first-order chi connectivity index (χ1) is 7.98. The molecule has 1 atom stereocenters. The van der Waals surface area contributed by atoms with Gasteiger partial charge in [-0.1, -0.05) is 39.8 Å². The minimum absolute atomic E-state index is 0.226. The van der Waals surface area contributed by atoms with Crippen LogP contribution in [0.2, 0.25) is 0 Å². The lowest BCUT2D eigenvalue weighted by Gasteiger charge is -2.34. The predicted molar refractivity (Wildman–Crippen MR) is 73.3 cm³/mol. The van der Waals surface area contributed by atoms with Gasteiger partial charge in [0.2, 0.25) is 0 Å². The smallest absolute Gasteiger partial charge is 0.115 e. The molecule has 0 aliphatic heterocycles. The SMILES string of the molecule is CCNCC(C)(Cc1cccc(O)c1)C(C)C. The Hall–Kier alpha value is -1.02. The number of phenols is 1. The van der Waals surface area contributed by atoms with Crippen molar-refractivity contribution >= 4 is 0 Å². The van der Waals surface area contributed by atoms with Crippen LogP contribution in [-0.4, -0.2) is 18.2 Å². The Kier molecular flexibility index (Phi) is 5.01. The van der Waals surface area contributed by atoms with Gasteiger partial charge in [0.25, 0.3) is 0 Å². The molecule has 1 aromatic rings. The molecule has 0 aliphatic rings. The van der Waals surface area contributed by atoms with Crippen LogP contribution < -0.4 is 5.32 Å². The largest absolute Gasteiger partial charge is 0.508 e. The van der Waals surface area contributed by atoms with Gasteiger partial charge >= 0.3 is 0 Å². The van der Waals surface area contributed by atoms with Crippen LogP contribution in [0, 0.1) is 11.3 Å². The fourth-order valence-electron chi connectivity index (χ4n) is 2.01. The molecule has 0 saturated heterocycles. The molecule has 0 saturated carbocycles. The highest BCUT2D eigenvalue weighted by Gasteiger charge is 2.28. The van der Waals surface area contributed by atoms with Crippen LogP contribution in [0.5, 0.6) is 5.75 Å². The van der Waals surface area contributed by atoms with Crippen LogP contribution in [0.25, 0.3) is 0 Å². The van der Waals surface area contributed by atoms with Crippen molar-refractivity contribution in [3.8, 4) is 5.75 Å². The monoisotopic (exact) mass is 235 g/mol. The molecule has 1 aromatic carbocycles. The molecule has 2 nitrogen and oxygen atoms in total. The number of nitrogens with one attached hydrogen (secondary N) is 1. The fraction of sp³-hybridized carbons (Fsp3) is 0.600. The van der Waals surface area contributed by atoms with Crippen molar-refractivity contribution in [1.29, 1.82) is 0 Å². The highest BCUT2D eigenvalue weighted by Crippen LogP contribution is 2.31. The van der Waals surface area contributed by atoms with Gasteiger partial charge in [-0.05, 0) is 42.0 Å². The number of hydrogen-bond acceptors (Lipinski definition) is 2. The van der Waals surface area contributed by atoms with Gasteiger partial charge in [0.15, 0.2) is 0 Å². The average Bonchev–Trinajstić information content (AvgIpc) is 2.26. The van der Waals surface area contributed by atoms with E-state index in [9.17, 15) is 5.11 Å². The van der Waals surface area contributed by atoms with E-state index in [1.165, 1.54) is 5.56 Å². The third kappa shape index (κ3) is 4.04. The molecule has 17 heavy (non-hydrogen) atoms. The van der Waals surface area contributed by atoms with Gasteiger partial charge in [-0.2, -0.15) is 0 Å². The van der Waals surface area contributed by atoms with Crippen molar-refractivity contribution in [2.75, 3.05) is 13.1 Å². The number of aromatic hydroxyl groups is 1. The van der Waals surface area contributed by atoms with E-state index in [1.807, 2.05) is 12.1 Å². The summed E-state index contributed by atoms with van der Waals surface area (Å²) in [6, 6.07) is 7.60. The van der Waals surface area contributed by atoms with E-state index in [0.717, 1.165) is 19.5 Å². The van der Waals surface area contributed by atoms with E-state index in [2.05, 4.69) is 39.1 Å². The zero-order valence-corrected chi connectivity index (χ0v) is 11.5. The Balaban J connectivity index is 2.79. The number of benzene rings is 1. The van der Waals surface area contributed by atoms with Crippen LogP contribution in [0.1, 0.15) is 33.3 Å². The molecule has 96 valence electrons. The van der Waals surface area contributed by atoms with Gasteiger partial charge in [0.05, 0.1) is 0 Å². The standard InChI is InChI=1S/C15H25NO/c1-5-16-11-15(4,12(2)3)10-13-7-6-8-14(17)9-13/h6-9,12,16-17H,5,10-11H2,1-4H3. The first kappa shape index (κ1) is 14.0. The molecular formula is C15H25NO. The summed E-state index contributed by atoms with van der Waals surface area (Å²) in [5.74, 6) is 0.959. The van der Waals surface area contributed by atoms with E-state index < -0.39 is 0 Å². The Morgan fingerprint density at radius 3 is 2.59 bits per heavy atom. The van der Waals surface area contributed by atoms with Gasteiger partial charge in [-0.15, -0.1) is 0 Å². The van der Waals surface area contributed by atoms with Crippen molar-refractivity contribution in [2.45, 2.75) is 34.1 Å². The minimum Gasteiger partial charge on any atom is -0.508 e. The molecule has 1 rings (SSSR count). The van der Waals surface area contributed by atoms with Gasteiger partial charge in [0.1, 0.15) is 5.75 Å². The second-order valence-electron chi connectivity index (χ2n) is 5.44. The molecule has 1 unspecified atom stereocenters. The number of phenolic OH excluding ortho intramolecular Hbond substituents is 1. The van der Waals surface area contributed by atoms with Crippen molar-refractivity contribution in [1.82, 2.24) is 5.32 Å². The first-order valence-corrected chi connectivity index (χ1v) is 6.46. The van der Waals surface area contributed by atoms with Gasteiger partial charge in [-0.25, -0.2) is 0 Å². The molecule has 2 heteroatoms. The lowest BCUT2D eigenvalue weighted by atomic mass is 9.74. The summed E-state index contributed by atoms with van der Waals surface area (Å²) in [4.78, 5) is 0. The van der Waals surface area contributed by atoms with Crippen LogP contribution in [0.3, 0.4) is 0 Å². The zero-order chi connectivity index (χ0) is 12.9. The lowest BCUT2D eigenvalue weighted by molar-refractivity contribution is 0.208. The molecule has 0 radical (unpaired) electrons. The van der Waals surface area contributed by atoms with E-state index in [0.29, 0.717) is 11.7 Å². The Bertz CT molecular complexity index is 349. The van der Waals surface area contributed by atoms with E-state index in [-0.39, 0.29) is 5.41 Å². The highest BCUT2D eigenvalue weighted by molar-refractivity contribution is 5.28. The summed E-state index contributed by atoms with van der Waals surface area (Å²) in [5, 5.41) is 13.0. The Morgan fingerprint density at radius 2 is 2.06 bits per heavy atom. The molecule has 0 bridgehead atoms. The third-order valence-corrected chi connectivity index (χ3v) is 3.69. The second kappa shape index (κ2) is 6.06. The summed E-state index contributed by atoms with van der Waals surface area (Å²) in [6.07, 6.45) is 0.992. The highest BCUT2D eigenvalue weighted by atomic mass is 16.3. The molecule has 0 amide bonds. The van der Waals surface area contributed by atoms with Crippen LogP contribution >= 0.6 is 0 Å². The predicted octanol–water partition coefficient (Wildman–Crippen LogP) is 3.21. The van der Waals surface area contributed by atoms with Gasteiger partial charge in [0, 0.05) is 6.54 Å².